The number of piperidine rings is 1. The second kappa shape index (κ2) is 6.80. The van der Waals surface area contributed by atoms with E-state index >= 15 is 0 Å². The van der Waals surface area contributed by atoms with Gasteiger partial charge in [-0.15, -0.1) is 0 Å². The van der Waals surface area contributed by atoms with Gasteiger partial charge in [-0.1, -0.05) is 0 Å². The first-order valence-electron chi connectivity index (χ1n) is 9.60. The first-order valence-corrected chi connectivity index (χ1v) is 9.60. The van der Waals surface area contributed by atoms with Crippen molar-refractivity contribution in [3.8, 4) is 11.3 Å². The molecule has 1 fully saturated rings. The third-order valence-corrected chi connectivity index (χ3v) is 5.75. The number of pyridine rings is 2. The van der Waals surface area contributed by atoms with Crippen LogP contribution in [0.15, 0.2) is 53.8 Å². The van der Waals surface area contributed by atoms with Gasteiger partial charge in [0.15, 0.2) is 0 Å². The molecule has 2 N–H and O–H groups in total. The highest BCUT2D eigenvalue weighted by Crippen LogP contribution is 2.36. The molecular weight excluding hydrogens is 368 g/mol. The van der Waals surface area contributed by atoms with E-state index in [1.54, 1.807) is 36.7 Å². The van der Waals surface area contributed by atoms with Crippen molar-refractivity contribution in [3.63, 3.8) is 0 Å². The van der Waals surface area contributed by atoms with E-state index in [-0.39, 0.29) is 23.3 Å². The van der Waals surface area contributed by atoms with E-state index in [1.165, 1.54) is 6.33 Å². The van der Waals surface area contributed by atoms with Gasteiger partial charge < -0.3 is 15.2 Å². The van der Waals surface area contributed by atoms with E-state index in [9.17, 15) is 9.59 Å². The van der Waals surface area contributed by atoms with Crippen molar-refractivity contribution >= 4 is 11.7 Å². The quantitative estimate of drug-likeness (QED) is 0.714. The van der Waals surface area contributed by atoms with Gasteiger partial charge in [0.2, 0.25) is 0 Å². The number of fused-ring (bicyclic) bond motifs is 4. The largest absolute Gasteiger partial charge is 0.384 e. The topological polar surface area (TPSA) is 107 Å². The Labute approximate surface area is 167 Å². The normalized spacial score (nSPS) is 20.2. The van der Waals surface area contributed by atoms with E-state index in [0.29, 0.717) is 36.7 Å². The average molecular weight is 388 g/mol. The maximum atomic E-state index is 12.9. The van der Waals surface area contributed by atoms with Gasteiger partial charge in [0.1, 0.15) is 12.1 Å². The molecule has 1 saturated heterocycles. The standard InChI is InChI=1S/C21H20N6O2/c22-19-8-17(24-12-25-19)15-6-18-16-5-13(10-27(18)20(28)7-15)9-26(11-16)21(29)14-1-3-23-4-2-14/h1-4,6-8,12-13,16H,5,9-11H2,(H2,22,24,25)/t13-,16+/m0/s1. The van der Waals surface area contributed by atoms with Gasteiger partial charge >= 0.3 is 0 Å². The predicted octanol–water partition coefficient (Wildman–Crippen LogP) is 1.54. The second-order valence-corrected chi connectivity index (χ2v) is 7.69. The number of likely N-dealkylation sites (tertiary alicyclic amines) is 1. The summed E-state index contributed by atoms with van der Waals surface area (Å²) in [5.41, 5.74) is 8.68. The molecule has 0 aromatic carbocycles. The number of amides is 1. The number of nitrogen functional groups attached to an aromatic ring is 1. The van der Waals surface area contributed by atoms with Gasteiger partial charge in [-0.05, 0) is 30.5 Å². The molecule has 0 radical (unpaired) electrons. The number of anilines is 1. The van der Waals surface area contributed by atoms with Gasteiger partial charge in [-0.25, -0.2) is 9.97 Å². The lowest BCUT2D eigenvalue weighted by atomic mass is 9.82. The van der Waals surface area contributed by atoms with E-state index in [4.69, 9.17) is 5.73 Å². The molecule has 3 aromatic rings. The zero-order valence-corrected chi connectivity index (χ0v) is 15.7. The fourth-order valence-corrected chi connectivity index (χ4v) is 4.48. The van der Waals surface area contributed by atoms with Crippen molar-refractivity contribution in [1.29, 1.82) is 0 Å². The summed E-state index contributed by atoms with van der Waals surface area (Å²) in [5.74, 6) is 0.753. The smallest absolute Gasteiger partial charge is 0.253 e. The molecule has 0 spiro atoms. The first kappa shape index (κ1) is 17.5. The number of nitrogens with two attached hydrogens (primary N) is 1. The average Bonchev–Trinajstić information content (AvgIpc) is 2.74. The summed E-state index contributed by atoms with van der Waals surface area (Å²) >= 11 is 0. The number of carbonyl (C=O) groups is 1. The second-order valence-electron chi connectivity index (χ2n) is 7.69. The summed E-state index contributed by atoms with van der Waals surface area (Å²) in [7, 11) is 0. The Hall–Kier alpha value is -3.55. The molecule has 0 aliphatic carbocycles. The maximum absolute atomic E-state index is 12.9. The van der Waals surface area contributed by atoms with Crippen molar-refractivity contribution < 1.29 is 4.79 Å². The highest BCUT2D eigenvalue weighted by molar-refractivity contribution is 5.94. The van der Waals surface area contributed by atoms with Gasteiger partial charge in [0.05, 0.1) is 5.69 Å². The predicted molar refractivity (Wildman–Crippen MR) is 107 cm³/mol. The Morgan fingerprint density at radius 3 is 2.69 bits per heavy atom. The minimum Gasteiger partial charge on any atom is -0.384 e. The van der Waals surface area contributed by atoms with E-state index in [0.717, 1.165) is 17.7 Å². The van der Waals surface area contributed by atoms with Crippen molar-refractivity contribution in [1.82, 2.24) is 24.4 Å². The summed E-state index contributed by atoms with van der Waals surface area (Å²) in [6.45, 7) is 1.87. The van der Waals surface area contributed by atoms with Crippen molar-refractivity contribution in [2.24, 2.45) is 5.92 Å². The molecule has 3 aromatic heterocycles. The van der Waals surface area contributed by atoms with Crippen molar-refractivity contribution in [2.75, 3.05) is 18.8 Å². The van der Waals surface area contributed by atoms with Gasteiger partial charge in [0, 0.05) is 66.9 Å². The van der Waals surface area contributed by atoms with Crippen LogP contribution in [0.1, 0.15) is 28.4 Å². The molecule has 0 unspecified atom stereocenters. The summed E-state index contributed by atoms with van der Waals surface area (Å²) in [5, 5.41) is 0. The lowest BCUT2D eigenvalue weighted by Gasteiger charge is -2.43. The summed E-state index contributed by atoms with van der Waals surface area (Å²) in [6.07, 6.45) is 5.63. The summed E-state index contributed by atoms with van der Waals surface area (Å²) < 4.78 is 1.85. The molecule has 29 heavy (non-hydrogen) atoms. The Morgan fingerprint density at radius 1 is 1.07 bits per heavy atom. The molecule has 8 nitrogen and oxygen atoms in total. The number of nitrogens with zero attached hydrogens (tertiary/aromatic N) is 5. The zero-order valence-electron chi connectivity index (χ0n) is 15.7. The minimum atomic E-state index is -0.0432. The molecule has 2 atom stereocenters. The number of rotatable bonds is 2. The lowest BCUT2D eigenvalue weighted by molar-refractivity contribution is 0.0594. The highest BCUT2D eigenvalue weighted by atomic mass is 16.2. The third kappa shape index (κ3) is 3.16. The van der Waals surface area contributed by atoms with Crippen LogP contribution in [-0.4, -0.2) is 43.4 Å². The SMILES string of the molecule is Nc1cc(-c2cc3n(c(=O)c2)C[C@H]2C[C@@H]3CN(C(=O)c3ccncc3)C2)ncn1. The highest BCUT2D eigenvalue weighted by Gasteiger charge is 2.36. The van der Waals surface area contributed by atoms with Crippen LogP contribution in [-0.2, 0) is 6.54 Å². The molecular formula is C21H20N6O2. The third-order valence-electron chi connectivity index (χ3n) is 5.75. The molecule has 2 aliphatic heterocycles. The van der Waals surface area contributed by atoms with E-state index < -0.39 is 0 Å². The monoisotopic (exact) mass is 388 g/mol. The number of carbonyl (C=O) groups excluding carboxylic acids is 1. The molecule has 5 rings (SSSR count). The van der Waals surface area contributed by atoms with Crippen LogP contribution in [0.5, 0.6) is 0 Å². The van der Waals surface area contributed by atoms with Crippen molar-refractivity contribution in [2.45, 2.75) is 18.9 Å². The van der Waals surface area contributed by atoms with E-state index in [2.05, 4.69) is 15.0 Å². The van der Waals surface area contributed by atoms with Crippen LogP contribution in [0.2, 0.25) is 0 Å². The molecule has 146 valence electrons. The molecule has 2 aliphatic rings. The summed E-state index contributed by atoms with van der Waals surface area (Å²) in [6, 6.07) is 8.75. The minimum absolute atomic E-state index is 0.0117. The van der Waals surface area contributed by atoms with Crippen LogP contribution in [0.3, 0.4) is 0 Å². The van der Waals surface area contributed by atoms with E-state index in [1.807, 2.05) is 15.5 Å². The van der Waals surface area contributed by atoms with Gasteiger partial charge in [0.25, 0.3) is 11.5 Å². The number of hydrogen-bond donors (Lipinski definition) is 1. The van der Waals surface area contributed by atoms with Crippen LogP contribution < -0.4 is 11.3 Å². The number of aromatic nitrogens is 4. The molecule has 8 heteroatoms. The zero-order chi connectivity index (χ0) is 20.0. The van der Waals surface area contributed by atoms with Crippen molar-refractivity contribution in [3.05, 3.63) is 70.7 Å². The van der Waals surface area contributed by atoms with Gasteiger partial charge in [-0.3, -0.25) is 14.6 Å². The first-order chi connectivity index (χ1) is 14.1. The Bertz CT molecular complexity index is 1140. The van der Waals surface area contributed by atoms with Crippen LogP contribution in [0.25, 0.3) is 11.3 Å². The molecule has 2 bridgehead atoms. The fourth-order valence-electron chi connectivity index (χ4n) is 4.48. The fraction of sp³-hybridized carbons (Fsp3) is 0.286. The molecule has 1 amide bonds. The molecule has 5 heterocycles. The van der Waals surface area contributed by atoms with Crippen LogP contribution >= 0.6 is 0 Å². The maximum Gasteiger partial charge on any atom is 0.253 e. The number of hydrogen-bond acceptors (Lipinski definition) is 6. The van der Waals surface area contributed by atoms with Gasteiger partial charge in [-0.2, -0.15) is 0 Å². The Balaban J connectivity index is 1.50. The Morgan fingerprint density at radius 2 is 1.90 bits per heavy atom. The van der Waals surface area contributed by atoms with Crippen LogP contribution in [0, 0.1) is 5.92 Å². The Kier molecular flexibility index (Phi) is 4.12. The lowest BCUT2D eigenvalue weighted by Crippen LogP contribution is -2.49. The summed E-state index contributed by atoms with van der Waals surface area (Å²) in [4.78, 5) is 39.8. The molecule has 0 saturated carbocycles. The van der Waals surface area contributed by atoms with Crippen LogP contribution in [0.4, 0.5) is 5.82 Å².